The number of carbonyl (C=O) groups is 4. The van der Waals surface area contributed by atoms with Crippen molar-refractivity contribution in [3.8, 4) is 11.5 Å². The van der Waals surface area contributed by atoms with Gasteiger partial charge in [-0.05, 0) is 60.2 Å². The molecule has 46 heavy (non-hydrogen) atoms. The van der Waals surface area contributed by atoms with Crippen molar-refractivity contribution in [3.63, 3.8) is 0 Å². The average Bonchev–Trinajstić information content (AvgIpc) is 3.06. The van der Waals surface area contributed by atoms with E-state index in [9.17, 15) is 19.2 Å². The zero-order chi connectivity index (χ0) is 32.5. The zero-order valence-corrected chi connectivity index (χ0v) is 25.1. The van der Waals surface area contributed by atoms with E-state index >= 15 is 0 Å². The highest BCUT2D eigenvalue weighted by molar-refractivity contribution is 5.99. The molecular formula is C36H34N2O8. The second kappa shape index (κ2) is 14.9. The molecule has 0 spiro atoms. The van der Waals surface area contributed by atoms with Crippen LogP contribution >= 0.6 is 0 Å². The summed E-state index contributed by atoms with van der Waals surface area (Å²) in [5, 5.41) is 0. The Hall–Kier alpha value is -5.64. The van der Waals surface area contributed by atoms with Crippen LogP contribution in [0.4, 0.5) is 5.69 Å². The number of hydrogen-bond donors (Lipinski definition) is 2. The van der Waals surface area contributed by atoms with Crippen LogP contribution in [0.2, 0.25) is 0 Å². The fourth-order valence-electron chi connectivity index (χ4n) is 5.20. The summed E-state index contributed by atoms with van der Waals surface area (Å²) < 4.78 is 23.1. The number of benzene rings is 4. The fraction of sp³-hybridized carbons (Fsp3) is 0.222. The van der Waals surface area contributed by atoms with E-state index < -0.39 is 29.7 Å². The molecule has 1 amide bonds. The van der Waals surface area contributed by atoms with Crippen molar-refractivity contribution < 1.29 is 38.1 Å². The molecule has 0 aliphatic carbocycles. The van der Waals surface area contributed by atoms with Crippen LogP contribution in [-0.2, 0) is 38.7 Å². The first kappa shape index (κ1) is 31.8. The van der Waals surface area contributed by atoms with E-state index in [2.05, 4.69) is 0 Å². The molecule has 0 unspecified atom stereocenters. The van der Waals surface area contributed by atoms with Crippen LogP contribution in [0.15, 0.2) is 91.0 Å². The van der Waals surface area contributed by atoms with E-state index in [1.54, 1.807) is 18.2 Å². The molecule has 0 aromatic heterocycles. The van der Waals surface area contributed by atoms with E-state index in [4.69, 9.17) is 30.4 Å². The SMILES string of the molecule is NC(=O)c1ccc([C@H](CCC(=O)OCc2ccccc2)C(=O)OCc2ccccc2)c2c1OCCCc1cc(N)ccc1C(=O)O2. The van der Waals surface area contributed by atoms with Crippen molar-refractivity contribution in [2.24, 2.45) is 5.73 Å². The van der Waals surface area contributed by atoms with Gasteiger partial charge in [0.25, 0.3) is 5.91 Å². The quantitative estimate of drug-likeness (QED) is 0.137. The van der Waals surface area contributed by atoms with Crippen molar-refractivity contribution in [1.29, 1.82) is 0 Å². The largest absolute Gasteiger partial charge is 0.489 e. The number of fused-ring (bicyclic) bond motifs is 2. The van der Waals surface area contributed by atoms with Crippen molar-refractivity contribution in [2.75, 3.05) is 12.3 Å². The van der Waals surface area contributed by atoms with Crippen LogP contribution in [-0.4, -0.2) is 30.4 Å². The lowest BCUT2D eigenvalue weighted by Crippen LogP contribution is -2.23. The van der Waals surface area contributed by atoms with E-state index in [1.165, 1.54) is 12.1 Å². The lowest BCUT2D eigenvalue weighted by molar-refractivity contribution is -0.148. The van der Waals surface area contributed by atoms with Gasteiger partial charge in [0.15, 0.2) is 11.5 Å². The first-order valence-corrected chi connectivity index (χ1v) is 14.9. The number of primary amides is 1. The van der Waals surface area contributed by atoms with Gasteiger partial charge in [-0.15, -0.1) is 0 Å². The molecule has 1 atom stereocenters. The number of aryl methyl sites for hydroxylation is 1. The third-order valence-electron chi connectivity index (χ3n) is 7.55. The molecular weight excluding hydrogens is 588 g/mol. The summed E-state index contributed by atoms with van der Waals surface area (Å²) in [6.07, 6.45) is 0.757. The van der Waals surface area contributed by atoms with Gasteiger partial charge < -0.3 is 30.4 Å². The third kappa shape index (κ3) is 7.89. The number of carbonyl (C=O) groups excluding carboxylic acids is 4. The van der Waals surface area contributed by atoms with Gasteiger partial charge in [0.1, 0.15) is 13.2 Å². The highest BCUT2D eigenvalue weighted by Crippen LogP contribution is 2.42. The molecule has 1 heterocycles. The van der Waals surface area contributed by atoms with Crippen LogP contribution in [0.25, 0.3) is 0 Å². The van der Waals surface area contributed by atoms with Crippen LogP contribution in [0.1, 0.15) is 68.2 Å². The number of hydrogen-bond acceptors (Lipinski definition) is 9. The summed E-state index contributed by atoms with van der Waals surface area (Å²) in [5.74, 6) is -4.06. The molecule has 1 aliphatic heterocycles. The maximum absolute atomic E-state index is 13.7. The smallest absolute Gasteiger partial charge is 0.343 e. The molecule has 5 rings (SSSR count). The normalized spacial score (nSPS) is 13.2. The van der Waals surface area contributed by atoms with Gasteiger partial charge in [0.05, 0.1) is 23.7 Å². The Labute approximate surface area is 266 Å². The topological polar surface area (TPSA) is 157 Å². The van der Waals surface area contributed by atoms with E-state index in [0.717, 1.165) is 11.1 Å². The number of ether oxygens (including phenoxy) is 4. The summed E-state index contributed by atoms with van der Waals surface area (Å²) in [6, 6.07) is 26.1. The molecule has 0 radical (unpaired) electrons. The van der Waals surface area contributed by atoms with Crippen molar-refractivity contribution in [2.45, 2.75) is 44.8 Å². The molecule has 10 nitrogen and oxygen atoms in total. The molecule has 4 N–H and O–H groups in total. The van der Waals surface area contributed by atoms with Crippen LogP contribution < -0.4 is 20.9 Å². The number of amides is 1. The minimum atomic E-state index is -1.10. The van der Waals surface area contributed by atoms with Crippen LogP contribution in [0.5, 0.6) is 11.5 Å². The molecule has 10 heteroatoms. The lowest BCUT2D eigenvalue weighted by atomic mass is 9.91. The number of nitrogens with two attached hydrogens (primary N) is 2. The monoisotopic (exact) mass is 622 g/mol. The maximum atomic E-state index is 13.7. The first-order valence-electron chi connectivity index (χ1n) is 14.9. The van der Waals surface area contributed by atoms with Crippen molar-refractivity contribution in [3.05, 3.63) is 124 Å². The second-order valence-corrected chi connectivity index (χ2v) is 10.8. The van der Waals surface area contributed by atoms with Crippen LogP contribution in [0.3, 0.4) is 0 Å². The van der Waals surface area contributed by atoms with Crippen molar-refractivity contribution in [1.82, 2.24) is 0 Å². The molecule has 0 bridgehead atoms. The minimum Gasteiger partial charge on any atom is -0.489 e. The summed E-state index contributed by atoms with van der Waals surface area (Å²) in [7, 11) is 0. The number of anilines is 1. The lowest BCUT2D eigenvalue weighted by Gasteiger charge is -2.24. The minimum absolute atomic E-state index is 0.0247. The first-order chi connectivity index (χ1) is 22.3. The number of esters is 3. The Bertz CT molecular complexity index is 1720. The van der Waals surface area contributed by atoms with Gasteiger partial charge in [-0.2, -0.15) is 0 Å². The summed E-state index contributed by atoms with van der Waals surface area (Å²) in [5.41, 5.74) is 14.8. The van der Waals surface area contributed by atoms with Crippen LogP contribution in [0, 0.1) is 0 Å². The Balaban J connectivity index is 1.50. The zero-order valence-electron chi connectivity index (χ0n) is 25.1. The van der Waals surface area contributed by atoms with Gasteiger partial charge in [0.2, 0.25) is 0 Å². The van der Waals surface area contributed by atoms with Gasteiger partial charge >= 0.3 is 17.9 Å². The molecule has 236 valence electrons. The second-order valence-electron chi connectivity index (χ2n) is 10.8. The summed E-state index contributed by atoms with van der Waals surface area (Å²) in [6.45, 7) is 0.194. The van der Waals surface area contributed by atoms with E-state index in [1.807, 2.05) is 60.7 Å². The Morgan fingerprint density at radius 1 is 0.826 bits per heavy atom. The standard InChI is InChI=1S/C36H34N2O8/c37-26-13-14-27-25(20-26)12-7-19-43-32-30(34(38)40)16-15-28(33(32)46-36(27)42)29(35(41)45-22-24-10-5-2-6-11-24)17-18-31(39)44-21-23-8-3-1-4-9-23/h1-6,8-11,13-16,20,29H,7,12,17-19,21-22,37H2,(H2,38,40)/t29-/m0/s1. The Morgan fingerprint density at radius 3 is 2.17 bits per heavy atom. The van der Waals surface area contributed by atoms with Gasteiger partial charge in [-0.1, -0.05) is 66.7 Å². The predicted molar refractivity (Wildman–Crippen MR) is 169 cm³/mol. The molecule has 1 aliphatic rings. The predicted octanol–water partition coefficient (Wildman–Crippen LogP) is 5.26. The van der Waals surface area contributed by atoms with Gasteiger partial charge in [0, 0.05) is 17.7 Å². The summed E-state index contributed by atoms with van der Waals surface area (Å²) in [4.78, 5) is 52.6. The highest BCUT2D eigenvalue weighted by atomic mass is 16.6. The van der Waals surface area contributed by atoms with E-state index in [-0.39, 0.29) is 60.9 Å². The van der Waals surface area contributed by atoms with E-state index in [0.29, 0.717) is 24.1 Å². The number of nitrogen functional groups attached to an aromatic ring is 1. The van der Waals surface area contributed by atoms with Gasteiger partial charge in [-0.3, -0.25) is 14.4 Å². The fourth-order valence-corrected chi connectivity index (χ4v) is 5.20. The summed E-state index contributed by atoms with van der Waals surface area (Å²) >= 11 is 0. The molecule has 4 aromatic carbocycles. The number of rotatable bonds is 10. The molecule has 0 fully saturated rings. The van der Waals surface area contributed by atoms with Gasteiger partial charge in [-0.25, -0.2) is 4.79 Å². The third-order valence-corrected chi connectivity index (χ3v) is 7.55. The Kier molecular flexibility index (Phi) is 10.3. The highest BCUT2D eigenvalue weighted by Gasteiger charge is 2.33. The Morgan fingerprint density at radius 2 is 1.50 bits per heavy atom. The molecule has 4 aromatic rings. The maximum Gasteiger partial charge on any atom is 0.343 e. The average molecular weight is 623 g/mol. The van der Waals surface area contributed by atoms with Crippen molar-refractivity contribution >= 4 is 29.5 Å². The molecule has 0 saturated heterocycles. The molecule has 0 saturated carbocycles.